The summed E-state index contributed by atoms with van der Waals surface area (Å²) >= 11 is 0. The van der Waals surface area contributed by atoms with E-state index in [0.29, 0.717) is 23.9 Å². The van der Waals surface area contributed by atoms with E-state index in [9.17, 15) is 19.0 Å². The number of phosphoric ester groups is 1. The fraction of sp³-hybridized carbons (Fsp3) is 0.818. The maximum Gasteiger partial charge on any atom is 0.306 e. The molecule has 0 bridgehead atoms. The predicted molar refractivity (Wildman–Crippen MR) is 325 cm³/mol. The van der Waals surface area contributed by atoms with Crippen LogP contribution in [0.3, 0.4) is 0 Å². The number of nitrogens with one attached hydrogen (secondary N) is 1. The van der Waals surface area contributed by atoms with E-state index in [-0.39, 0.29) is 24.9 Å². The average Bonchev–Trinajstić information content (AvgIpc) is 3.38. The molecule has 0 heterocycles. The van der Waals surface area contributed by atoms with Crippen molar-refractivity contribution in [1.82, 2.24) is 5.32 Å². The molecule has 9 nitrogen and oxygen atoms in total. The molecule has 0 rings (SSSR count). The summed E-state index contributed by atoms with van der Waals surface area (Å²) in [6, 6.07) is -0.895. The Bertz CT molecular complexity index is 1490. The van der Waals surface area contributed by atoms with Crippen molar-refractivity contribution >= 4 is 19.7 Å². The van der Waals surface area contributed by atoms with E-state index in [0.717, 1.165) is 89.9 Å². The van der Waals surface area contributed by atoms with Gasteiger partial charge in [0.25, 0.3) is 7.82 Å². The Kier molecular flexibility index (Phi) is 54.3. The highest BCUT2D eigenvalue weighted by atomic mass is 31.2. The number of ether oxygens (including phenoxy) is 1. The van der Waals surface area contributed by atoms with E-state index in [1.807, 2.05) is 33.3 Å². The number of rotatable bonds is 58. The van der Waals surface area contributed by atoms with Crippen molar-refractivity contribution in [1.29, 1.82) is 0 Å². The summed E-state index contributed by atoms with van der Waals surface area (Å²) in [4.78, 5) is 40.0. The van der Waals surface area contributed by atoms with Crippen LogP contribution in [0.1, 0.15) is 297 Å². The molecule has 0 aliphatic carbocycles. The van der Waals surface area contributed by atoms with Crippen molar-refractivity contribution in [3.05, 3.63) is 60.8 Å². The van der Waals surface area contributed by atoms with Gasteiger partial charge in [0.2, 0.25) is 5.91 Å². The quantitative estimate of drug-likeness (QED) is 0.0212. The standard InChI is InChI=1S/C66H123N2O7P/c1-7-10-13-16-19-22-25-28-30-32-33-34-35-37-39-41-44-47-50-53-56-59-66(70)75-64(57-54-51-48-45-42-27-24-21-18-15-12-9-3)63(62-74-76(71,72)73-61-60-68(4,5)6)67-65(69)58-55-52-49-46-43-40-38-36-31-29-26-23-20-17-14-11-8-2/h19,22,28,30,33-34,37,39,54,57,63-64H,7-18,20-21,23-27,29,31-32,35-36,38,40-53,55-56,58-62H2,1-6H3,(H-,67,69,71,72)/b22-19-,30-28-,34-33-,39-37-,57-54+. The second-order valence-corrected chi connectivity index (χ2v) is 24.3. The zero-order valence-electron chi connectivity index (χ0n) is 50.7. The second kappa shape index (κ2) is 56.0. The molecule has 444 valence electrons. The number of unbranched alkanes of at least 4 members (excludes halogenated alkanes) is 34. The fourth-order valence-electron chi connectivity index (χ4n) is 9.21. The highest BCUT2D eigenvalue weighted by Crippen LogP contribution is 2.38. The first-order valence-electron chi connectivity index (χ1n) is 32.1. The van der Waals surface area contributed by atoms with Gasteiger partial charge in [0.05, 0.1) is 33.8 Å². The summed E-state index contributed by atoms with van der Waals surface area (Å²) in [7, 11) is 1.18. The Morgan fingerprint density at radius 3 is 1.22 bits per heavy atom. The second-order valence-electron chi connectivity index (χ2n) is 22.9. The van der Waals surface area contributed by atoms with Gasteiger partial charge in [-0.1, -0.05) is 268 Å². The van der Waals surface area contributed by atoms with Gasteiger partial charge in [-0.05, 0) is 76.7 Å². The minimum absolute atomic E-state index is 0.0255. The van der Waals surface area contributed by atoms with Crippen molar-refractivity contribution in [2.75, 3.05) is 40.9 Å². The third kappa shape index (κ3) is 56.4. The molecule has 0 saturated heterocycles. The van der Waals surface area contributed by atoms with Crippen LogP contribution in [-0.2, 0) is 27.9 Å². The molecular weight excluding hydrogens is 964 g/mol. The van der Waals surface area contributed by atoms with Gasteiger partial charge < -0.3 is 28.5 Å². The number of phosphoric acid groups is 1. The molecule has 0 spiro atoms. The van der Waals surface area contributed by atoms with Gasteiger partial charge in [-0.25, -0.2) is 0 Å². The first kappa shape index (κ1) is 73.7. The van der Waals surface area contributed by atoms with Crippen molar-refractivity contribution < 1.29 is 37.3 Å². The van der Waals surface area contributed by atoms with Gasteiger partial charge in [-0.3, -0.25) is 14.2 Å². The number of likely N-dealkylation sites (N-methyl/N-ethyl adjacent to an activating group) is 1. The van der Waals surface area contributed by atoms with Crippen LogP contribution in [0, 0.1) is 0 Å². The van der Waals surface area contributed by atoms with E-state index >= 15 is 0 Å². The van der Waals surface area contributed by atoms with Gasteiger partial charge in [-0.15, -0.1) is 0 Å². The number of hydrogen-bond donors (Lipinski definition) is 1. The molecule has 0 aromatic heterocycles. The molecule has 1 amide bonds. The van der Waals surface area contributed by atoms with Gasteiger partial charge in [0, 0.05) is 12.8 Å². The maximum atomic E-state index is 13.5. The number of amides is 1. The average molecular weight is 1090 g/mol. The van der Waals surface area contributed by atoms with Crippen molar-refractivity contribution in [2.24, 2.45) is 0 Å². The molecule has 0 radical (unpaired) electrons. The first-order valence-corrected chi connectivity index (χ1v) is 33.6. The number of quaternary nitrogens is 1. The van der Waals surface area contributed by atoms with Gasteiger partial charge >= 0.3 is 5.97 Å². The van der Waals surface area contributed by atoms with Crippen LogP contribution in [0.4, 0.5) is 0 Å². The number of esters is 1. The summed E-state index contributed by atoms with van der Waals surface area (Å²) < 4.78 is 30.3. The van der Waals surface area contributed by atoms with Crippen LogP contribution in [0.2, 0.25) is 0 Å². The van der Waals surface area contributed by atoms with Crippen molar-refractivity contribution in [3.63, 3.8) is 0 Å². The minimum Gasteiger partial charge on any atom is -0.756 e. The Hall–Kier alpha value is -2.29. The Balaban J connectivity index is 5.25. The number of hydrogen-bond acceptors (Lipinski definition) is 7. The van der Waals surface area contributed by atoms with Crippen LogP contribution in [0.5, 0.6) is 0 Å². The number of allylic oxidation sites excluding steroid dienone is 9. The molecule has 0 saturated carbocycles. The fourth-order valence-corrected chi connectivity index (χ4v) is 9.94. The zero-order valence-corrected chi connectivity index (χ0v) is 51.6. The number of carbonyl (C=O) groups is 2. The molecule has 3 atom stereocenters. The van der Waals surface area contributed by atoms with Crippen molar-refractivity contribution in [3.8, 4) is 0 Å². The van der Waals surface area contributed by atoms with Crippen LogP contribution in [0.25, 0.3) is 0 Å². The maximum absolute atomic E-state index is 13.5. The SMILES string of the molecule is CCCCC/C=C\C/C=C\C/C=C\C/C=C\CCCCCCCC(=O)OC(/C=C/CCCCCCCCCCCC)C(COP(=O)([O-])OCC[N+](C)(C)C)NC(=O)CCCCCCCCCCCCCCCCCCC. The molecule has 0 fully saturated rings. The van der Waals surface area contributed by atoms with Crippen LogP contribution in [-0.4, -0.2) is 69.4 Å². The van der Waals surface area contributed by atoms with E-state index in [1.54, 1.807) is 0 Å². The lowest BCUT2D eigenvalue weighted by Gasteiger charge is -2.30. The number of carbonyl (C=O) groups excluding carboxylic acids is 2. The van der Waals surface area contributed by atoms with Gasteiger partial charge in [0.1, 0.15) is 19.3 Å². The van der Waals surface area contributed by atoms with Crippen LogP contribution >= 0.6 is 7.82 Å². The lowest BCUT2D eigenvalue weighted by Crippen LogP contribution is -2.47. The summed E-state index contributed by atoms with van der Waals surface area (Å²) in [5.41, 5.74) is 0. The lowest BCUT2D eigenvalue weighted by atomic mass is 10.0. The molecule has 76 heavy (non-hydrogen) atoms. The molecule has 0 aliphatic rings. The van der Waals surface area contributed by atoms with E-state index in [2.05, 4.69) is 74.7 Å². The summed E-state index contributed by atoms with van der Waals surface area (Å²) in [5, 5.41) is 3.03. The van der Waals surface area contributed by atoms with Gasteiger partial charge in [-0.2, -0.15) is 0 Å². The first-order chi connectivity index (χ1) is 36.9. The molecule has 0 aromatic rings. The predicted octanol–water partition coefficient (Wildman–Crippen LogP) is 19.2. The molecule has 3 unspecified atom stereocenters. The normalized spacial score (nSPS) is 14.0. The largest absolute Gasteiger partial charge is 0.756 e. The van der Waals surface area contributed by atoms with E-state index < -0.39 is 26.6 Å². The van der Waals surface area contributed by atoms with Crippen molar-refractivity contribution in [2.45, 2.75) is 309 Å². The monoisotopic (exact) mass is 1090 g/mol. The van der Waals surface area contributed by atoms with E-state index in [4.69, 9.17) is 13.8 Å². The lowest BCUT2D eigenvalue weighted by molar-refractivity contribution is -0.870. The molecule has 0 aromatic carbocycles. The Morgan fingerprint density at radius 1 is 0.461 bits per heavy atom. The van der Waals surface area contributed by atoms with Gasteiger partial charge in [0.15, 0.2) is 0 Å². The molecule has 1 N–H and O–H groups in total. The highest BCUT2D eigenvalue weighted by Gasteiger charge is 2.27. The summed E-state index contributed by atoms with van der Waals surface area (Å²) in [5.74, 6) is -0.553. The smallest absolute Gasteiger partial charge is 0.306 e. The van der Waals surface area contributed by atoms with E-state index in [1.165, 1.54) is 167 Å². The third-order valence-electron chi connectivity index (χ3n) is 14.2. The van der Waals surface area contributed by atoms with Crippen LogP contribution < -0.4 is 10.2 Å². The molecule has 0 aliphatic heterocycles. The topological polar surface area (TPSA) is 114 Å². The minimum atomic E-state index is -4.70. The Morgan fingerprint density at radius 2 is 0.803 bits per heavy atom. The Labute approximate surface area is 471 Å². The number of nitrogens with zero attached hydrogens (tertiary/aromatic N) is 1. The summed E-state index contributed by atoms with van der Waals surface area (Å²) in [6.45, 7) is 6.83. The molecule has 10 heteroatoms. The third-order valence-corrected chi connectivity index (χ3v) is 15.2. The highest BCUT2D eigenvalue weighted by molar-refractivity contribution is 7.45. The summed E-state index contributed by atoms with van der Waals surface area (Å²) in [6.07, 6.45) is 70.4. The zero-order chi connectivity index (χ0) is 55.7. The van der Waals surface area contributed by atoms with Crippen LogP contribution in [0.15, 0.2) is 60.8 Å². The molecular formula is C66H123N2O7P.